The van der Waals surface area contributed by atoms with E-state index in [0.29, 0.717) is 17.9 Å². The molecule has 1 unspecified atom stereocenters. The van der Waals surface area contributed by atoms with E-state index >= 15 is 0 Å². The van der Waals surface area contributed by atoms with Crippen LogP contribution in [-0.2, 0) is 12.8 Å². The maximum absolute atomic E-state index is 14.0. The van der Waals surface area contributed by atoms with Crippen molar-refractivity contribution in [1.29, 1.82) is 0 Å². The molecule has 0 aliphatic heterocycles. The maximum Gasteiger partial charge on any atom is 0.144 e. The van der Waals surface area contributed by atoms with Crippen LogP contribution in [0.4, 0.5) is 4.39 Å². The average Bonchev–Trinajstić information content (AvgIpc) is 2.44. The molecule has 4 heteroatoms. The van der Waals surface area contributed by atoms with Crippen molar-refractivity contribution in [3.63, 3.8) is 0 Å². The fourth-order valence-corrected chi connectivity index (χ4v) is 3.16. The number of nitrogens with one attached hydrogen (secondary N) is 1. The first-order valence-electron chi connectivity index (χ1n) is 6.92. The molecule has 0 radical (unpaired) electrons. The second-order valence-corrected chi connectivity index (χ2v) is 6.50. The van der Waals surface area contributed by atoms with Gasteiger partial charge in [0.05, 0.1) is 5.02 Å². The largest absolute Gasteiger partial charge is 0.319 e. The average molecular weight is 371 g/mol. The normalized spacial score (nSPS) is 12.4. The molecule has 112 valence electrons. The topological polar surface area (TPSA) is 12.0 Å². The van der Waals surface area contributed by atoms with Gasteiger partial charge in [-0.05, 0) is 61.7 Å². The summed E-state index contributed by atoms with van der Waals surface area (Å²) in [6, 6.07) is 13.4. The highest BCUT2D eigenvalue weighted by molar-refractivity contribution is 9.10. The van der Waals surface area contributed by atoms with Crippen LogP contribution in [0.2, 0.25) is 5.02 Å². The molecule has 21 heavy (non-hydrogen) atoms. The molecule has 0 saturated carbocycles. The van der Waals surface area contributed by atoms with Crippen LogP contribution < -0.4 is 5.32 Å². The Morgan fingerprint density at radius 3 is 2.67 bits per heavy atom. The molecule has 2 aromatic rings. The van der Waals surface area contributed by atoms with E-state index in [1.54, 1.807) is 12.1 Å². The Kier molecular flexibility index (Phi) is 6.22. The second-order valence-electron chi connectivity index (χ2n) is 5.17. The zero-order valence-corrected chi connectivity index (χ0v) is 14.2. The first-order chi connectivity index (χ1) is 10.1. The molecule has 0 bridgehead atoms. The molecule has 0 fully saturated rings. The Morgan fingerprint density at radius 2 is 1.95 bits per heavy atom. The van der Waals surface area contributed by atoms with Crippen LogP contribution in [0, 0.1) is 11.7 Å². The zero-order valence-electron chi connectivity index (χ0n) is 11.9. The van der Waals surface area contributed by atoms with E-state index in [1.807, 2.05) is 25.2 Å². The van der Waals surface area contributed by atoms with Crippen LogP contribution >= 0.6 is 27.5 Å². The standard InChI is InChI=1S/C17H18BrClFN/c1-21-11-13(8-12-4-2-6-15(18)10-12)9-14-5-3-7-16(19)17(14)20/h2-7,10,13,21H,8-9,11H2,1H3. The second kappa shape index (κ2) is 7.92. The number of hydrogen-bond donors (Lipinski definition) is 1. The molecule has 0 amide bonds. The van der Waals surface area contributed by atoms with Gasteiger partial charge in [-0.3, -0.25) is 0 Å². The molecule has 2 aromatic carbocycles. The Labute approximate surface area is 138 Å². The van der Waals surface area contributed by atoms with Gasteiger partial charge in [-0.25, -0.2) is 4.39 Å². The summed E-state index contributed by atoms with van der Waals surface area (Å²) < 4.78 is 15.1. The van der Waals surface area contributed by atoms with Gasteiger partial charge in [0.15, 0.2) is 0 Å². The molecule has 0 aromatic heterocycles. The SMILES string of the molecule is CNCC(Cc1cccc(Br)c1)Cc1cccc(Cl)c1F. The van der Waals surface area contributed by atoms with E-state index in [9.17, 15) is 4.39 Å². The molecule has 0 saturated heterocycles. The molecule has 0 aliphatic rings. The summed E-state index contributed by atoms with van der Waals surface area (Å²) in [5, 5.41) is 3.38. The van der Waals surface area contributed by atoms with Gasteiger partial charge >= 0.3 is 0 Å². The lowest BCUT2D eigenvalue weighted by Gasteiger charge is -2.17. The van der Waals surface area contributed by atoms with E-state index in [0.717, 1.165) is 17.4 Å². The lowest BCUT2D eigenvalue weighted by Crippen LogP contribution is -2.23. The number of rotatable bonds is 6. The lowest BCUT2D eigenvalue weighted by molar-refractivity contribution is 0.480. The third-order valence-corrected chi connectivity index (χ3v) is 4.23. The Hall–Kier alpha value is -0.900. The maximum atomic E-state index is 14.0. The van der Waals surface area contributed by atoms with Gasteiger partial charge in [0, 0.05) is 4.47 Å². The molecule has 0 heterocycles. The van der Waals surface area contributed by atoms with Gasteiger partial charge in [-0.1, -0.05) is 51.8 Å². The third-order valence-electron chi connectivity index (χ3n) is 3.45. The van der Waals surface area contributed by atoms with Crippen molar-refractivity contribution >= 4 is 27.5 Å². The van der Waals surface area contributed by atoms with E-state index < -0.39 is 0 Å². The molecule has 1 nitrogen and oxygen atoms in total. The van der Waals surface area contributed by atoms with Crippen molar-refractivity contribution in [1.82, 2.24) is 5.32 Å². The van der Waals surface area contributed by atoms with Gasteiger partial charge in [0.2, 0.25) is 0 Å². The summed E-state index contributed by atoms with van der Waals surface area (Å²) >= 11 is 9.34. The molecular formula is C17H18BrClFN. The van der Waals surface area contributed by atoms with Crippen LogP contribution in [0.15, 0.2) is 46.9 Å². The van der Waals surface area contributed by atoms with Crippen molar-refractivity contribution < 1.29 is 4.39 Å². The molecule has 0 spiro atoms. The summed E-state index contributed by atoms with van der Waals surface area (Å²) in [7, 11) is 1.92. The van der Waals surface area contributed by atoms with Gasteiger partial charge in [0.25, 0.3) is 0 Å². The zero-order chi connectivity index (χ0) is 15.2. The fraction of sp³-hybridized carbons (Fsp3) is 0.294. The summed E-state index contributed by atoms with van der Waals surface area (Å²) in [5.74, 6) is 0.0202. The van der Waals surface area contributed by atoms with Gasteiger partial charge < -0.3 is 5.32 Å². The quantitative estimate of drug-likeness (QED) is 0.765. The number of halogens is 3. The molecule has 2 rings (SSSR count). The highest BCUT2D eigenvalue weighted by Crippen LogP contribution is 2.23. The van der Waals surface area contributed by atoms with Gasteiger partial charge in [-0.15, -0.1) is 0 Å². The van der Waals surface area contributed by atoms with E-state index in [1.165, 1.54) is 5.56 Å². The number of benzene rings is 2. The van der Waals surface area contributed by atoms with E-state index in [-0.39, 0.29) is 10.8 Å². The van der Waals surface area contributed by atoms with Crippen molar-refractivity contribution in [2.75, 3.05) is 13.6 Å². The third kappa shape index (κ3) is 4.80. The number of hydrogen-bond acceptors (Lipinski definition) is 1. The highest BCUT2D eigenvalue weighted by Gasteiger charge is 2.14. The van der Waals surface area contributed by atoms with Crippen molar-refractivity contribution in [2.45, 2.75) is 12.8 Å². The first-order valence-corrected chi connectivity index (χ1v) is 8.09. The fourth-order valence-electron chi connectivity index (χ4n) is 2.52. The molecule has 0 aliphatic carbocycles. The van der Waals surface area contributed by atoms with Crippen LogP contribution in [0.1, 0.15) is 11.1 Å². The van der Waals surface area contributed by atoms with E-state index in [4.69, 9.17) is 11.6 Å². The predicted molar refractivity (Wildman–Crippen MR) is 90.4 cm³/mol. The van der Waals surface area contributed by atoms with Gasteiger partial charge in [-0.2, -0.15) is 0 Å². The molecular weight excluding hydrogens is 353 g/mol. The van der Waals surface area contributed by atoms with Crippen LogP contribution in [-0.4, -0.2) is 13.6 Å². The Morgan fingerprint density at radius 1 is 1.19 bits per heavy atom. The predicted octanol–water partition coefficient (Wildman–Crippen LogP) is 4.86. The smallest absolute Gasteiger partial charge is 0.144 e. The first kappa shape index (κ1) is 16.5. The lowest BCUT2D eigenvalue weighted by atomic mass is 9.92. The Balaban J connectivity index is 2.13. The minimum Gasteiger partial charge on any atom is -0.319 e. The van der Waals surface area contributed by atoms with Crippen LogP contribution in [0.5, 0.6) is 0 Å². The minimum absolute atomic E-state index is 0.193. The summed E-state index contributed by atoms with van der Waals surface area (Å²) in [6.07, 6.45) is 1.56. The van der Waals surface area contributed by atoms with Crippen LogP contribution in [0.25, 0.3) is 0 Å². The van der Waals surface area contributed by atoms with Gasteiger partial charge in [0.1, 0.15) is 5.82 Å². The van der Waals surface area contributed by atoms with E-state index in [2.05, 4.69) is 33.4 Å². The molecule has 1 N–H and O–H groups in total. The summed E-state index contributed by atoms with van der Waals surface area (Å²) in [6.45, 7) is 0.832. The van der Waals surface area contributed by atoms with Crippen molar-refractivity contribution in [3.8, 4) is 0 Å². The summed E-state index contributed by atoms with van der Waals surface area (Å²) in [5.41, 5.74) is 1.92. The van der Waals surface area contributed by atoms with Crippen LogP contribution in [0.3, 0.4) is 0 Å². The highest BCUT2D eigenvalue weighted by atomic mass is 79.9. The van der Waals surface area contributed by atoms with Crippen molar-refractivity contribution in [3.05, 3.63) is 68.9 Å². The van der Waals surface area contributed by atoms with Crippen molar-refractivity contribution in [2.24, 2.45) is 5.92 Å². The molecule has 1 atom stereocenters. The monoisotopic (exact) mass is 369 g/mol. The summed E-state index contributed by atoms with van der Waals surface area (Å²) in [4.78, 5) is 0. The minimum atomic E-state index is -0.297. The Bertz CT molecular complexity index is 603.